The van der Waals surface area contributed by atoms with Crippen molar-refractivity contribution >= 4 is 44.2 Å². The van der Waals surface area contributed by atoms with Crippen LogP contribution in [0.15, 0.2) is 71.1 Å². The van der Waals surface area contributed by atoms with Crippen LogP contribution in [0.4, 0.5) is 10.8 Å². The fourth-order valence-electron chi connectivity index (χ4n) is 2.32. The lowest BCUT2D eigenvalue weighted by Crippen LogP contribution is -2.08. The molecule has 0 fully saturated rings. The number of amides is 1. The van der Waals surface area contributed by atoms with Crippen LogP contribution < -0.4 is 10.1 Å². The van der Waals surface area contributed by atoms with E-state index in [9.17, 15) is 13.2 Å². The van der Waals surface area contributed by atoms with Gasteiger partial charge in [-0.2, -0.15) is 11.3 Å². The smallest absolute Gasteiger partial charge is 0.248 e. The molecule has 1 heterocycles. The molecule has 2 aromatic carbocycles. The molecule has 0 spiro atoms. The molecule has 0 aliphatic rings. The fraction of sp³-hybridized carbons (Fsp3) is 0.100. The third-order valence-corrected chi connectivity index (χ3v) is 5.72. The molecule has 1 amide bonds. The summed E-state index contributed by atoms with van der Waals surface area (Å²) in [6.07, 6.45) is 4.56. The van der Waals surface area contributed by atoms with Crippen LogP contribution in [0.2, 0.25) is 0 Å². The number of carbonyl (C=O) groups is 1. The van der Waals surface area contributed by atoms with E-state index < -0.39 is 10.0 Å². The lowest BCUT2D eigenvalue weighted by atomic mass is 10.2. The standard InChI is InChI=1S/C20H19N3O4S2/c1-2-27-17-8-3-15(4-9-17)5-12-19(24)22-16-6-10-18(11-7-16)29(25,26)23-20-21-13-14-28-20/h3-14H,2H2,1H3,(H2,21,22,23,24)/p-1. The highest BCUT2D eigenvalue weighted by Crippen LogP contribution is 2.29. The molecular weight excluding hydrogens is 410 g/mol. The normalized spacial score (nSPS) is 11.3. The second kappa shape index (κ2) is 9.35. The van der Waals surface area contributed by atoms with Gasteiger partial charge in [-0.3, -0.25) is 4.79 Å². The van der Waals surface area contributed by atoms with Crippen molar-refractivity contribution in [3.05, 3.63) is 76.5 Å². The summed E-state index contributed by atoms with van der Waals surface area (Å²) in [6, 6.07) is 13.1. The molecule has 0 atom stereocenters. The van der Waals surface area contributed by atoms with Gasteiger partial charge >= 0.3 is 0 Å². The molecule has 0 saturated heterocycles. The number of thiazole rings is 1. The maximum absolute atomic E-state index is 12.2. The number of ether oxygens (including phenoxy) is 1. The molecule has 0 saturated carbocycles. The number of sulfonamides is 1. The molecule has 1 aromatic heterocycles. The maximum Gasteiger partial charge on any atom is 0.248 e. The highest BCUT2D eigenvalue weighted by molar-refractivity contribution is 7.94. The first-order valence-corrected chi connectivity index (χ1v) is 11.0. The van der Waals surface area contributed by atoms with Crippen LogP contribution in [0.1, 0.15) is 12.5 Å². The molecule has 0 aliphatic carbocycles. The number of hydrogen-bond donors (Lipinski definition) is 1. The number of aromatic nitrogens is 1. The number of carbonyl (C=O) groups excluding carboxylic acids is 1. The van der Waals surface area contributed by atoms with E-state index in [1.54, 1.807) is 11.5 Å². The molecule has 3 aromatic rings. The van der Waals surface area contributed by atoms with Gasteiger partial charge in [0.2, 0.25) is 15.9 Å². The first-order chi connectivity index (χ1) is 14.0. The topological polar surface area (TPSA) is 99.5 Å². The summed E-state index contributed by atoms with van der Waals surface area (Å²) in [5.41, 5.74) is 1.33. The van der Waals surface area contributed by atoms with Crippen molar-refractivity contribution in [1.29, 1.82) is 0 Å². The van der Waals surface area contributed by atoms with E-state index in [0.29, 0.717) is 12.3 Å². The number of hydrogen-bond acceptors (Lipinski definition) is 6. The minimum atomic E-state index is -3.85. The van der Waals surface area contributed by atoms with Crippen molar-refractivity contribution in [3.63, 3.8) is 0 Å². The summed E-state index contributed by atoms with van der Waals surface area (Å²) in [5.74, 6) is 0.438. The van der Waals surface area contributed by atoms with E-state index in [0.717, 1.165) is 22.6 Å². The van der Waals surface area contributed by atoms with Crippen LogP contribution in [0.3, 0.4) is 0 Å². The molecule has 0 bridgehead atoms. The first kappa shape index (κ1) is 20.6. The van der Waals surface area contributed by atoms with Crippen LogP contribution in [-0.4, -0.2) is 25.9 Å². The van der Waals surface area contributed by atoms with Gasteiger partial charge in [-0.25, -0.2) is 8.42 Å². The Balaban J connectivity index is 1.59. The van der Waals surface area contributed by atoms with Crippen LogP contribution in [0, 0.1) is 0 Å². The highest BCUT2D eigenvalue weighted by atomic mass is 32.2. The zero-order chi connectivity index (χ0) is 20.7. The quantitative estimate of drug-likeness (QED) is 0.529. The Kier molecular flexibility index (Phi) is 6.63. The fourth-order valence-corrected chi connectivity index (χ4v) is 3.99. The van der Waals surface area contributed by atoms with Crippen molar-refractivity contribution in [2.45, 2.75) is 11.8 Å². The second-order valence-electron chi connectivity index (χ2n) is 5.73. The monoisotopic (exact) mass is 428 g/mol. The summed E-state index contributed by atoms with van der Waals surface area (Å²) in [4.78, 5) is 16.0. The predicted octanol–water partition coefficient (Wildman–Crippen LogP) is 4.59. The van der Waals surface area contributed by atoms with Crippen molar-refractivity contribution < 1.29 is 17.9 Å². The van der Waals surface area contributed by atoms with Crippen molar-refractivity contribution in [2.24, 2.45) is 0 Å². The zero-order valence-corrected chi connectivity index (χ0v) is 17.1. The average Bonchev–Trinajstić information content (AvgIpc) is 3.20. The van der Waals surface area contributed by atoms with E-state index in [1.165, 1.54) is 36.5 Å². The van der Waals surface area contributed by atoms with Gasteiger partial charge in [0.15, 0.2) is 0 Å². The van der Waals surface area contributed by atoms with E-state index in [-0.39, 0.29) is 15.9 Å². The molecule has 9 heteroatoms. The van der Waals surface area contributed by atoms with Crippen molar-refractivity contribution in [3.8, 4) is 5.75 Å². The van der Waals surface area contributed by atoms with E-state index in [1.807, 2.05) is 31.2 Å². The maximum atomic E-state index is 12.2. The molecule has 7 nitrogen and oxygen atoms in total. The Bertz CT molecular complexity index is 1080. The van der Waals surface area contributed by atoms with Crippen LogP contribution in [0.25, 0.3) is 10.8 Å². The molecule has 29 heavy (non-hydrogen) atoms. The SMILES string of the molecule is CCOc1ccc(C=CC(=O)Nc2ccc(S(=O)(=O)[N-]c3nccs3)cc2)cc1. The summed E-state index contributed by atoms with van der Waals surface area (Å²) < 4.78 is 33.5. The molecule has 3 rings (SSSR count). The van der Waals surface area contributed by atoms with Gasteiger partial charge in [-0.1, -0.05) is 18.3 Å². The number of anilines is 1. The average molecular weight is 429 g/mol. The zero-order valence-electron chi connectivity index (χ0n) is 15.5. The summed E-state index contributed by atoms with van der Waals surface area (Å²) >= 11 is 1.13. The minimum absolute atomic E-state index is 0.0237. The second-order valence-corrected chi connectivity index (χ2v) is 8.21. The van der Waals surface area contributed by atoms with Gasteiger partial charge in [0.1, 0.15) is 5.75 Å². The lowest BCUT2D eigenvalue weighted by Gasteiger charge is -2.12. The molecular formula is C20H18N3O4S2-. The Hall–Kier alpha value is -3.17. The molecule has 0 unspecified atom stereocenters. The molecule has 0 aliphatic heterocycles. The Morgan fingerprint density at radius 2 is 1.90 bits per heavy atom. The van der Waals surface area contributed by atoms with Crippen molar-refractivity contribution in [1.82, 2.24) is 4.98 Å². The van der Waals surface area contributed by atoms with Crippen LogP contribution in [0.5, 0.6) is 5.75 Å². The molecule has 150 valence electrons. The number of benzene rings is 2. The van der Waals surface area contributed by atoms with Gasteiger partial charge < -0.3 is 19.8 Å². The third-order valence-electron chi connectivity index (χ3n) is 3.66. The Morgan fingerprint density at radius 3 is 2.52 bits per heavy atom. The van der Waals surface area contributed by atoms with E-state index in [2.05, 4.69) is 15.0 Å². The number of rotatable bonds is 8. The molecule has 0 radical (unpaired) electrons. The summed E-state index contributed by atoms with van der Waals surface area (Å²) in [7, 11) is -3.85. The van der Waals surface area contributed by atoms with Crippen LogP contribution in [-0.2, 0) is 14.8 Å². The number of nitrogens with one attached hydrogen (secondary N) is 1. The van der Waals surface area contributed by atoms with E-state index >= 15 is 0 Å². The van der Waals surface area contributed by atoms with Gasteiger partial charge in [0.05, 0.1) is 11.5 Å². The van der Waals surface area contributed by atoms with Gasteiger partial charge in [-0.15, -0.1) is 0 Å². The largest absolute Gasteiger partial charge is 0.494 e. The summed E-state index contributed by atoms with van der Waals surface area (Å²) in [5, 5.41) is 4.50. The van der Waals surface area contributed by atoms with Gasteiger partial charge in [0.25, 0.3) is 0 Å². The van der Waals surface area contributed by atoms with Gasteiger partial charge in [-0.05, 0) is 60.3 Å². The predicted molar refractivity (Wildman–Crippen MR) is 114 cm³/mol. The van der Waals surface area contributed by atoms with Gasteiger partial charge in [0, 0.05) is 16.9 Å². The van der Waals surface area contributed by atoms with Crippen LogP contribution >= 0.6 is 11.3 Å². The minimum Gasteiger partial charge on any atom is -0.494 e. The lowest BCUT2D eigenvalue weighted by molar-refractivity contribution is -0.111. The summed E-state index contributed by atoms with van der Waals surface area (Å²) in [6.45, 7) is 2.51. The third kappa shape index (κ3) is 5.90. The molecule has 1 N–H and O–H groups in total. The number of nitrogens with zero attached hydrogens (tertiary/aromatic N) is 2. The van der Waals surface area contributed by atoms with Crippen molar-refractivity contribution in [2.75, 3.05) is 11.9 Å². The first-order valence-electron chi connectivity index (χ1n) is 8.66. The van der Waals surface area contributed by atoms with E-state index in [4.69, 9.17) is 4.74 Å². The highest BCUT2D eigenvalue weighted by Gasteiger charge is 2.10. The Labute approximate surface area is 173 Å². The Morgan fingerprint density at radius 1 is 1.17 bits per heavy atom.